The molecule has 4 nitrogen and oxygen atoms in total. The number of ether oxygens (including phenoxy) is 1. The van der Waals surface area contributed by atoms with E-state index < -0.39 is 5.97 Å². The van der Waals surface area contributed by atoms with E-state index in [0.717, 1.165) is 29.5 Å². The highest BCUT2D eigenvalue weighted by Gasteiger charge is 2.34. The Hall–Kier alpha value is -3.14. The highest BCUT2D eigenvalue weighted by atomic mass is 16.5. The molecule has 0 bridgehead atoms. The van der Waals surface area contributed by atoms with E-state index in [9.17, 15) is 9.59 Å². The second-order valence-corrected chi connectivity index (χ2v) is 5.74. The summed E-state index contributed by atoms with van der Waals surface area (Å²) >= 11 is 0. The van der Waals surface area contributed by atoms with E-state index >= 15 is 0 Å². The van der Waals surface area contributed by atoms with E-state index in [1.165, 1.54) is 6.08 Å². The van der Waals surface area contributed by atoms with Gasteiger partial charge in [-0.25, -0.2) is 4.79 Å². The number of carbonyl (C=O) groups excluding carboxylic acids is 2. The monoisotopic (exact) mass is 333 g/mol. The Morgan fingerprint density at radius 3 is 2.60 bits per heavy atom. The fourth-order valence-electron chi connectivity index (χ4n) is 3.07. The second kappa shape index (κ2) is 7.62. The van der Waals surface area contributed by atoms with Crippen molar-refractivity contribution in [2.75, 3.05) is 11.4 Å². The van der Waals surface area contributed by atoms with Gasteiger partial charge in [0.1, 0.15) is 0 Å². The van der Waals surface area contributed by atoms with Crippen LogP contribution in [0.4, 0.5) is 5.69 Å². The van der Waals surface area contributed by atoms with Crippen molar-refractivity contribution in [2.45, 2.75) is 12.3 Å². The van der Waals surface area contributed by atoms with Crippen LogP contribution in [0.2, 0.25) is 0 Å². The molecular weight excluding hydrogens is 314 g/mol. The molecule has 0 saturated carbocycles. The van der Waals surface area contributed by atoms with Crippen molar-refractivity contribution in [3.63, 3.8) is 0 Å². The molecule has 3 rings (SSSR count). The van der Waals surface area contributed by atoms with Crippen LogP contribution >= 0.6 is 0 Å². The van der Waals surface area contributed by atoms with Crippen LogP contribution in [0.3, 0.4) is 0 Å². The van der Waals surface area contributed by atoms with Gasteiger partial charge in [-0.1, -0.05) is 55.1 Å². The summed E-state index contributed by atoms with van der Waals surface area (Å²) in [5, 5.41) is 0. The third-order valence-electron chi connectivity index (χ3n) is 4.23. The normalized spacial score (nSPS) is 17.0. The van der Waals surface area contributed by atoms with E-state index in [1.54, 1.807) is 11.0 Å². The van der Waals surface area contributed by atoms with Crippen molar-refractivity contribution < 1.29 is 14.3 Å². The van der Waals surface area contributed by atoms with Crippen molar-refractivity contribution in [3.8, 4) is 0 Å². The summed E-state index contributed by atoms with van der Waals surface area (Å²) in [4.78, 5) is 26.2. The van der Waals surface area contributed by atoms with Crippen LogP contribution < -0.4 is 4.90 Å². The van der Waals surface area contributed by atoms with Crippen molar-refractivity contribution in [3.05, 3.63) is 84.6 Å². The topological polar surface area (TPSA) is 46.6 Å². The van der Waals surface area contributed by atoms with Gasteiger partial charge in [0.05, 0.1) is 17.9 Å². The molecule has 0 N–H and O–H groups in total. The first-order valence-corrected chi connectivity index (χ1v) is 8.15. The van der Waals surface area contributed by atoms with E-state index in [4.69, 9.17) is 0 Å². The minimum absolute atomic E-state index is 0.0840. The van der Waals surface area contributed by atoms with Crippen LogP contribution in [0.25, 0.3) is 6.08 Å². The Morgan fingerprint density at radius 1 is 1.12 bits per heavy atom. The first-order valence-electron chi connectivity index (χ1n) is 8.15. The molecule has 0 radical (unpaired) electrons. The van der Waals surface area contributed by atoms with Gasteiger partial charge in [-0.05, 0) is 29.7 Å². The van der Waals surface area contributed by atoms with Crippen molar-refractivity contribution >= 4 is 23.6 Å². The van der Waals surface area contributed by atoms with Crippen LogP contribution in [0, 0.1) is 0 Å². The molecule has 1 amide bonds. The summed E-state index contributed by atoms with van der Waals surface area (Å²) in [6, 6.07) is 17.4. The lowest BCUT2D eigenvalue weighted by Gasteiger charge is -2.19. The lowest BCUT2D eigenvalue weighted by atomic mass is 9.98. The molecule has 25 heavy (non-hydrogen) atoms. The molecule has 0 aromatic heterocycles. The van der Waals surface area contributed by atoms with E-state index in [-0.39, 0.29) is 11.8 Å². The average Bonchev–Trinajstić information content (AvgIpc) is 3.02. The van der Waals surface area contributed by atoms with Crippen LogP contribution in [0.15, 0.2) is 73.5 Å². The van der Waals surface area contributed by atoms with Crippen LogP contribution in [-0.2, 0) is 14.3 Å². The highest BCUT2D eigenvalue weighted by Crippen LogP contribution is 2.34. The van der Waals surface area contributed by atoms with Crippen LogP contribution in [-0.4, -0.2) is 18.4 Å². The van der Waals surface area contributed by atoms with E-state index in [1.807, 2.05) is 54.6 Å². The molecule has 0 spiro atoms. The number of hydrogen-bond acceptors (Lipinski definition) is 3. The number of nitrogens with zero attached hydrogens (tertiary/aromatic N) is 1. The number of esters is 1. The molecule has 1 saturated heterocycles. The standard InChI is InChI=1S/C21H19NO3/c1-2-25-20(23)13-12-17-10-6-7-11-19(17)22-15-14-18(21(22)24)16-8-4-3-5-9-16/h2-13,18H,1,14-15H2/b13-12+/t18-/m0/s1. The number of amides is 1. The molecule has 1 heterocycles. The SMILES string of the molecule is C=COC(=O)/C=C/c1ccccc1N1CC[C@@H](c2ccccc2)C1=O. The molecular formula is C21H19NO3. The Bertz CT molecular complexity index is 811. The number of anilines is 1. The Kier molecular flexibility index (Phi) is 5.09. The lowest BCUT2D eigenvalue weighted by molar-refractivity contribution is -0.132. The zero-order valence-electron chi connectivity index (χ0n) is 13.8. The summed E-state index contributed by atoms with van der Waals surface area (Å²) in [6.07, 6.45) is 4.85. The fourth-order valence-corrected chi connectivity index (χ4v) is 3.07. The van der Waals surface area contributed by atoms with Crippen molar-refractivity contribution in [2.24, 2.45) is 0 Å². The lowest BCUT2D eigenvalue weighted by Crippen LogP contribution is -2.27. The first kappa shape index (κ1) is 16.7. The van der Waals surface area contributed by atoms with E-state index in [0.29, 0.717) is 6.54 Å². The van der Waals surface area contributed by atoms with Gasteiger partial charge in [-0.2, -0.15) is 0 Å². The zero-order valence-corrected chi connectivity index (χ0v) is 13.8. The van der Waals surface area contributed by atoms with Crippen LogP contribution in [0.1, 0.15) is 23.5 Å². The molecule has 2 aromatic rings. The van der Waals surface area contributed by atoms with Gasteiger partial charge in [0.25, 0.3) is 0 Å². The second-order valence-electron chi connectivity index (χ2n) is 5.74. The third kappa shape index (κ3) is 3.69. The summed E-state index contributed by atoms with van der Waals surface area (Å²) in [7, 11) is 0. The molecule has 1 aliphatic rings. The number of carbonyl (C=O) groups is 2. The molecule has 1 aliphatic heterocycles. The predicted molar refractivity (Wildman–Crippen MR) is 97.9 cm³/mol. The molecule has 126 valence electrons. The predicted octanol–water partition coefficient (Wildman–Crippen LogP) is 3.91. The van der Waals surface area contributed by atoms with Gasteiger partial charge in [-0.3, -0.25) is 4.79 Å². The van der Waals surface area contributed by atoms with Gasteiger partial charge >= 0.3 is 5.97 Å². The maximum Gasteiger partial charge on any atom is 0.335 e. The number of rotatable bonds is 5. The molecule has 4 heteroatoms. The molecule has 1 fully saturated rings. The minimum atomic E-state index is -0.500. The van der Waals surface area contributed by atoms with Crippen molar-refractivity contribution in [1.82, 2.24) is 0 Å². The summed E-state index contributed by atoms with van der Waals surface area (Å²) in [6.45, 7) is 4.01. The third-order valence-corrected chi connectivity index (χ3v) is 4.23. The highest BCUT2D eigenvalue weighted by molar-refractivity contribution is 6.02. The van der Waals surface area contributed by atoms with Crippen molar-refractivity contribution in [1.29, 1.82) is 0 Å². The van der Waals surface area contributed by atoms with Gasteiger partial charge < -0.3 is 9.64 Å². The Morgan fingerprint density at radius 2 is 1.84 bits per heavy atom. The molecule has 2 aromatic carbocycles. The minimum Gasteiger partial charge on any atom is -0.432 e. The van der Waals surface area contributed by atoms with Gasteiger partial charge in [0.2, 0.25) is 5.91 Å². The Labute approximate surface area is 147 Å². The number of benzene rings is 2. The first-order chi connectivity index (χ1) is 12.2. The summed E-state index contributed by atoms with van der Waals surface area (Å²) in [5.41, 5.74) is 2.64. The smallest absolute Gasteiger partial charge is 0.335 e. The molecule has 1 atom stereocenters. The fraction of sp³-hybridized carbons (Fsp3) is 0.143. The molecule has 0 unspecified atom stereocenters. The quantitative estimate of drug-likeness (QED) is 0.473. The maximum absolute atomic E-state index is 12.9. The number of hydrogen-bond donors (Lipinski definition) is 0. The zero-order chi connectivity index (χ0) is 17.6. The van der Waals surface area contributed by atoms with Gasteiger partial charge in [0, 0.05) is 12.6 Å². The largest absolute Gasteiger partial charge is 0.432 e. The van der Waals surface area contributed by atoms with E-state index in [2.05, 4.69) is 11.3 Å². The molecule has 0 aliphatic carbocycles. The summed E-state index contributed by atoms with van der Waals surface area (Å²) in [5.74, 6) is -0.538. The van der Waals surface area contributed by atoms with Gasteiger partial charge in [-0.15, -0.1) is 0 Å². The Balaban J connectivity index is 1.84. The maximum atomic E-state index is 12.9. The van der Waals surface area contributed by atoms with Gasteiger partial charge in [0.15, 0.2) is 0 Å². The van der Waals surface area contributed by atoms with Crippen LogP contribution in [0.5, 0.6) is 0 Å². The summed E-state index contributed by atoms with van der Waals surface area (Å²) < 4.78 is 4.68. The number of para-hydroxylation sites is 1. The average molecular weight is 333 g/mol.